The average molecular weight is 351 g/mol. The predicted octanol–water partition coefficient (Wildman–Crippen LogP) is 6.35. The minimum Gasteiger partial charge on any atom is -0.388 e. The third-order valence-electron chi connectivity index (χ3n) is 3.83. The fourth-order valence-corrected chi connectivity index (χ4v) is 2.48. The summed E-state index contributed by atoms with van der Waals surface area (Å²) in [5.41, 5.74) is 3.88. The summed E-state index contributed by atoms with van der Waals surface area (Å²) in [4.78, 5) is 0. The zero-order chi connectivity index (χ0) is 15.7. The molecule has 0 amide bonds. The van der Waals surface area contributed by atoms with Gasteiger partial charge in [-0.25, -0.2) is 0 Å². The Kier molecular flexibility index (Phi) is 8.63. The molecule has 2 heteroatoms. The van der Waals surface area contributed by atoms with Gasteiger partial charge in [-0.15, -0.1) is 0 Å². The van der Waals surface area contributed by atoms with Crippen molar-refractivity contribution in [2.45, 2.75) is 59.0 Å². The molecule has 1 nitrogen and oxygen atoms in total. The highest BCUT2D eigenvalue weighted by Crippen LogP contribution is 2.22. The van der Waals surface area contributed by atoms with Crippen molar-refractivity contribution in [1.29, 1.82) is 0 Å². The molecule has 1 rings (SSSR count). The Morgan fingerprint density at radius 2 is 1.81 bits per heavy atom. The molecule has 0 fully saturated rings. The molecule has 0 spiro atoms. The maximum absolute atomic E-state index is 10.2. The highest BCUT2D eigenvalue weighted by atomic mass is 79.9. The number of hydrogen-bond donors (Lipinski definition) is 1. The van der Waals surface area contributed by atoms with E-state index < -0.39 is 0 Å². The number of aliphatic hydroxyl groups is 1. The quantitative estimate of drug-likeness (QED) is 0.541. The van der Waals surface area contributed by atoms with Crippen LogP contribution in [0, 0.1) is 0 Å². The van der Waals surface area contributed by atoms with Gasteiger partial charge in [0.05, 0.1) is 6.10 Å². The molecular weight excluding hydrogens is 324 g/mol. The smallest absolute Gasteiger partial charge is 0.0790 e. The molecule has 1 aromatic carbocycles. The van der Waals surface area contributed by atoms with Gasteiger partial charge < -0.3 is 5.11 Å². The summed E-state index contributed by atoms with van der Waals surface area (Å²) in [5, 5.41) is 10.2. The first-order valence-corrected chi connectivity index (χ1v) is 8.53. The number of benzene rings is 1. The van der Waals surface area contributed by atoms with Crippen LogP contribution in [0.25, 0.3) is 0 Å². The molecule has 0 aliphatic rings. The van der Waals surface area contributed by atoms with Gasteiger partial charge in [0.1, 0.15) is 0 Å². The fraction of sp³-hybridized carbons (Fsp3) is 0.474. The topological polar surface area (TPSA) is 20.2 Å². The Hall–Kier alpha value is -0.860. The second-order valence-corrected chi connectivity index (χ2v) is 6.60. The number of aliphatic hydroxyl groups excluding tert-OH is 1. The van der Waals surface area contributed by atoms with Gasteiger partial charge in [-0.1, -0.05) is 51.4 Å². The average Bonchev–Trinajstić information content (AvgIpc) is 2.47. The van der Waals surface area contributed by atoms with Crippen LogP contribution in [0.5, 0.6) is 0 Å². The molecule has 21 heavy (non-hydrogen) atoms. The minimum atomic E-state index is -0.351. The zero-order valence-electron chi connectivity index (χ0n) is 13.4. The first-order chi connectivity index (χ1) is 10.0. The zero-order valence-corrected chi connectivity index (χ0v) is 15.0. The number of halogens is 1. The number of rotatable bonds is 8. The summed E-state index contributed by atoms with van der Waals surface area (Å²) in [6, 6.07) is 7.93. The Morgan fingerprint density at radius 3 is 2.43 bits per heavy atom. The van der Waals surface area contributed by atoms with Crippen LogP contribution in [-0.2, 0) is 0 Å². The molecule has 1 unspecified atom stereocenters. The summed E-state index contributed by atoms with van der Waals surface area (Å²) < 4.78 is 1.05. The highest BCUT2D eigenvalue weighted by molar-refractivity contribution is 9.10. The van der Waals surface area contributed by atoms with Crippen molar-refractivity contribution >= 4 is 15.9 Å². The SMILES string of the molecule is C/C=C(\C)CC/C=C(\C)CCCC(O)c1ccc(Br)cc1. The van der Waals surface area contributed by atoms with Crippen molar-refractivity contribution < 1.29 is 5.11 Å². The van der Waals surface area contributed by atoms with E-state index in [-0.39, 0.29) is 6.10 Å². The molecule has 0 heterocycles. The van der Waals surface area contributed by atoms with E-state index in [1.807, 2.05) is 24.3 Å². The second kappa shape index (κ2) is 9.97. The van der Waals surface area contributed by atoms with Crippen LogP contribution in [-0.4, -0.2) is 5.11 Å². The van der Waals surface area contributed by atoms with Crippen molar-refractivity contribution in [2.75, 3.05) is 0 Å². The van der Waals surface area contributed by atoms with E-state index in [4.69, 9.17) is 0 Å². The fourth-order valence-electron chi connectivity index (χ4n) is 2.22. The van der Waals surface area contributed by atoms with Crippen molar-refractivity contribution in [3.63, 3.8) is 0 Å². The predicted molar refractivity (Wildman–Crippen MR) is 95.4 cm³/mol. The molecule has 0 radical (unpaired) electrons. The van der Waals surface area contributed by atoms with E-state index in [1.165, 1.54) is 11.1 Å². The van der Waals surface area contributed by atoms with Gasteiger partial charge in [-0.05, 0) is 70.6 Å². The Labute approximate surface area is 137 Å². The lowest BCUT2D eigenvalue weighted by atomic mass is 10.0. The summed E-state index contributed by atoms with van der Waals surface area (Å²) in [6.07, 6.45) is 9.35. The van der Waals surface area contributed by atoms with Gasteiger partial charge in [-0.2, -0.15) is 0 Å². The van der Waals surface area contributed by atoms with Gasteiger partial charge >= 0.3 is 0 Å². The number of allylic oxidation sites excluding steroid dienone is 4. The monoisotopic (exact) mass is 350 g/mol. The standard InChI is InChI=1S/C19H27BrO/c1-4-15(2)7-5-8-16(3)9-6-10-19(21)17-11-13-18(20)14-12-17/h4,8,11-14,19,21H,5-7,9-10H2,1-3H3/b15-4+,16-8+. The highest BCUT2D eigenvalue weighted by Gasteiger charge is 2.06. The van der Waals surface area contributed by atoms with E-state index in [2.05, 4.69) is 48.9 Å². The van der Waals surface area contributed by atoms with Crippen molar-refractivity contribution in [2.24, 2.45) is 0 Å². The van der Waals surface area contributed by atoms with E-state index in [0.29, 0.717) is 0 Å². The van der Waals surface area contributed by atoms with Gasteiger partial charge in [0.25, 0.3) is 0 Å². The van der Waals surface area contributed by atoms with Crippen LogP contribution in [0.4, 0.5) is 0 Å². The lowest BCUT2D eigenvalue weighted by Crippen LogP contribution is -1.97. The van der Waals surface area contributed by atoms with Gasteiger partial charge in [0.2, 0.25) is 0 Å². The van der Waals surface area contributed by atoms with E-state index in [9.17, 15) is 5.11 Å². The molecule has 0 saturated heterocycles. The molecule has 116 valence electrons. The molecule has 1 atom stereocenters. The van der Waals surface area contributed by atoms with Crippen LogP contribution in [0.3, 0.4) is 0 Å². The molecule has 0 aliphatic heterocycles. The third kappa shape index (κ3) is 7.63. The molecule has 1 N–H and O–H groups in total. The Morgan fingerprint density at radius 1 is 1.14 bits per heavy atom. The van der Waals surface area contributed by atoms with Gasteiger partial charge in [-0.3, -0.25) is 0 Å². The van der Waals surface area contributed by atoms with E-state index >= 15 is 0 Å². The van der Waals surface area contributed by atoms with Crippen molar-refractivity contribution in [1.82, 2.24) is 0 Å². The first-order valence-electron chi connectivity index (χ1n) is 7.74. The maximum Gasteiger partial charge on any atom is 0.0790 e. The Bertz CT molecular complexity index is 471. The van der Waals surface area contributed by atoms with Gasteiger partial charge in [0.15, 0.2) is 0 Å². The van der Waals surface area contributed by atoms with Crippen LogP contribution in [0.2, 0.25) is 0 Å². The minimum absolute atomic E-state index is 0.351. The normalized spacial score (nSPS) is 14.3. The molecular formula is C19H27BrO. The second-order valence-electron chi connectivity index (χ2n) is 5.68. The lowest BCUT2D eigenvalue weighted by Gasteiger charge is -2.11. The van der Waals surface area contributed by atoms with Crippen molar-refractivity contribution in [3.05, 3.63) is 57.6 Å². The van der Waals surface area contributed by atoms with E-state index in [1.54, 1.807) is 0 Å². The van der Waals surface area contributed by atoms with Crippen LogP contribution < -0.4 is 0 Å². The molecule has 0 saturated carbocycles. The molecule has 0 bridgehead atoms. The summed E-state index contributed by atoms with van der Waals surface area (Å²) >= 11 is 3.41. The van der Waals surface area contributed by atoms with Crippen LogP contribution in [0.15, 0.2) is 52.0 Å². The summed E-state index contributed by atoms with van der Waals surface area (Å²) in [5.74, 6) is 0. The number of hydrogen-bond acceptors (Lipinski definition) is 1. The summed E-state index contributed by atoms with van der Waals surface area (Å²) in [7, 11) is 0. The molecule has 1 aromatic rings. The van der Waals surface area contributed by atoms with Crippen molar-refractivity contribution in [3.8, 4) is 0 Å². The van der Waals surface area contributed by atoms with Crippen LogP contribution in [0.1, 0.15) is 64.5 Å². The third-order valence-corrected chi connectivity index (χ3v) is 4.36. The lowest BCUT2D eigenvalue weighted by molar-refractivity contribution is 0.164. The van der Waals surface area contributed by atoms with Gasteiger partial charge in [0, 0.05) is 4.47 Å². The largest absolute Gasteiger partial charge is 0.388 e. The maximum atomic E-state index is 10.2. The van der Waals surface area contributed by atoms with E-state index in [0.717, 1.165) is 42.1 Å². The first kappa shape index (κ1) is 18.2. The molecule has 0 aromatic heterocycles. The summed E-state index contributed by atoms with van der Waals surface area (Å²) in [6.45, 7) is 6.46. The Balaban J connectivity index is 2.29. The molecule has 0 aliphatic carbocycles. The van der Waals surface area contributed by atoms with Crippen LogP contribution >= 0.6 is 15.9 Å².